The minimum absolute atomic E-state index is 0.134. The van der Waals surface area contributed by atoms with Gasteiger partial charge in [-0.05, 0) is 25.2 Å². The van der Waals surface area contributed by atoms with Gasteiger partial charge in [0.15, 0.2) is 0 Å². The fourth-order valence-corrected chi connectivity index (χ4v) is 2.00. The van der Waals surface area contributed by atoms with E-state index >= 15 is 0 Å². The van der Waals surface area contributed by atoms with Gasteiger partial charge in [0.25, 0.3) is 5.91 Å². The fourth-order valence-electron chi connectivity index (χ4n) is 2.00. The Morgan fingerprint density at radius 3 is 2.59 bits per heavy atom. The Labute approximate surface area is 102 Å². The second-order valence-corrected chi connectivity index (χ2v) is 4.43. The van der Waals surface area contributed by atoms with Gasteiger partial charge in [-0.3, -0.25) is 4.79 Å². The maximum absolute atomic E-state index is 12.3. The Hall–Kier alpha value is -1.55. The number of amides is 1. The van der Waals surface area contributed by atoms with Crippen LogP contribution in [-0.4, -0.2) is 56.0 Å². The summed E-state index contributed by atoms with van der Waals surface area (Å²) in [6, 6.07) is 7.65. The lowest BCUT2D eigenvalue weighted by molar-refractivity contribution is 0.0664. The van der Waals surface area contributed by atoms with Crippen LogP contribution in [0, 0.1) is 0 Å². The highest BCUT2D eigenvalue weighted by atomic mass is 16.2. The molecule has 4 heteroatoms. The second-order valence-electron chi connectivity index (χ2n) is 4.43. The molecule has 1 aliphatic heterocycles. The van der Waals surface area contributed by atoms with Gasteiger partial charge < -0.3 is 15.1 Å². The number of benzene rings is 1. The first kappa shape index (κ1) is 11.9. The number of carbonyl (C=O) groups is 1. The lowest BCUT2D eigenvalue weighted by atomic mass is 10.1. The molecule has 0 radical (unpaired) electrons. The van der Waals surface area contributed by atoms with Crippen LogP contribution in [0.2, 0.25) is 0 Å². The standard InChI is InChI=1S/C13H19N3O/c1-14-12-5-3-4-11(10-12)13(17)16-8-6-15(2)7-9-16/h3-5,10,14H,6-9H2,1-2H3. The Kier molecular flexibility index (Phi) is 3.64. The molecule has 1 heterocycles. The van der Waals surface area contributed by atoms with Crippen molar-refractivity contribution < 1.29 is 4.79 Å². The van der Waals surface area contributed by atoms with Crippen LogP contribution in [0.15, 0.2) is 24.3 Å². The first-order valence-corrected chi connectivity index (χ1v) is 5.96. The van der Waals surface area contributed by atoms with Crippen molar-refractivity contribution in [2.45, 2.75) is 0 Å². The lowest BCUT2D eigenvalue weighted by Crippen LogP contribution is -2.47. The van der Waals surface area contributed by atoms with Gasteiger partial charge in [-0.2, -0.15) is 0 Å². The third-order valence-corrected chi connectivity index (χ3v) is 3.19. The van der Waals surface area contributed by atoms with Crippen LogP contribution < -0.4 is 5.32 Å². The molecular formula is C13H19N3O. The monoisotopic (exact) mass is 233 g/mol. The van der Waals surface area contributed by atoms with Crippen molar-refractivity contribution >= 4 is 11.6 Å². The number of carbonyl (C=O) groups excluding carboxylic acids is 1. The molecule has 1 fully saturated rings. The molecule has 1 aromatic rings. The number of rotatable bonds is 2. The molecule has 0 unspecified atom stereocenters. The molecule has 0 aliphatic carbocycles. The van der Waals surface area contributed by atoms with Crippen LogP contribution in [0.1, 0.15) is 10.4 Å². The molecule has 0 atom stereocenters. The van der Waals surface area contributed by atoms with E-state index in [0.717, 1.165) is 37.4 Å². The topological polar surface area (TPSA) is 35.6 Å². The van der Waals surface area contributed by atoms with E-state index in [4.69, 9.17) is 0 Å². The molecule has 17 heavy (non-hydrogen) atoms. The molecule has 2 rings (SSSR count). The van der Waals surface area contributed by atoms with Crippen LogP contribution in [0.5, 0.6) is 0 Å². The molecular weight excluding hydrogens is 214 g/mol. The number of piperazine rings is 1. The lowest BCUT2D eigenvalue weighted by Gasteiger charge is -2.32. The number of likely N-dealkylation sites (N-methyl/N-ethyl adjacent to an activating group) is 1. The Morgan fingerprint density at radius 1 is 1.24 bits per heavy atom. The number of hydrogen-bond donors (Lipinski definition) is 1. The second kappa shape index (κ2) is 5.19. The Morgan fingerprint density at radius 2 is 1.94 bits per heavy atom. The molecule has 1 aliphatic rings. The van der Waals surface area contributed by atoms with Crippen LogP contribution in [-0.2, 0) is 0 Å². The van der Waals surface area contributed by atoms with Crippen molar-refractivity contribution in [1.29, 1.82) is 0 Å². The minimum atomic E-state index is 0.134. The SMILES string of the molecule is CNc1cccc(C(=O)N2CCN(C)CC2)c1. The first-order valence-electron chi connectivity index (χ1n) is 5.96. The molecule has 92 valence electrons. The molecule has 1 amide bonds. The predicted molar refractivity (Wildman–Crippen MR) is 69.4 cm³/mol. The summed E-state index contributed by atoms with van der Waals surface area (Å²) in [5, 5.41) is 3.05. The van der Waals surface area contributed by atoms with E-state index in [0.29, 0.717) is 0 Å². The third kappa shape index (κ3) is 2.77. The van der Waals surface area contributed by atoms with Crippen LogP contribution in [0.3, 0.4) is 0 Å². The van der Waals surface area contributed by atoms with E-state index < -0.39 is 0 Å². The summed E-state index contributed by atoms with van der Waals surface area (Å²) in [5.41, 5.74) is 1.74. The summed E-state index contributed by atoms with van der Waals surface area (Å²) in [6.07, 6.45) is 0. The highest BCUT2D eigenvalue weighted by molar-refractivity contribution is 5.95. The van der Waals surface area contributed by atoms with Crippen molar-refractivity contribution in [2.24, 2.45) is 0 Å². The number of hydrogen-bond acceptors (Lipinski definition) is 3. The maximum Gasteiger partial charge on any atom is 0.254 e. The summed E-state index contributed by atoms with van der Waals surface area (Å²) < 4.78 is 0. The molecule has 0 saturated carbocycles. The largest absolute Gasteiger partial charge is 0.388 e. The predicted octanol–water partition coefficient (Wildman–Crippen LogP) is 1.12. The molecule has 0 aromatic heterocycles. The van der Waals surface area contributed by atoms with Crippen molar-refractivity contribution in [2.75, 3.05) is 45.6 Å². The number of nitrogens with one attached hydrogen (secondary N) is 1. The van der Waals surface area contributed by atoms with Crippen LogP contribution in [0.4, 0.5) is 5.69 Å². The molecule has 1 N–H and O–H groups in total. The Bertz CT molecular complexity index is 397. The van der Waals surface area contributed by atoms with Gasteiger partial charge in [0.1, 0.15) is 0 Å². The van der Waals surface area contributed by atoms with E-state index in [9.17, 15) is 4.79 Å². The van der Waals surface area contributed by atoms with E-state index in [-0.39, 0.29) is 5.91 Å². The van der Waals surface area contributed by atoms with Gasteiger partial charge in [-0.15, -0.1) is 0 Å². The average molecular weight is 233 g/mol. The van der Waals surface area contributed by atoms with E-state index in [2.05, 4.69) is 17.3 Å². The highest BCUT2D eigenvalue weighted by Crippen LogP contribution is 2.13. The van der Waals surface area contributed by atoms with E-state index in [1.807, 2.05) is 36.2 Å². The van der Waals surface area contributed by atoms with Crippen LogP contribution in [0.25, 0.3) is 0 Å². The maximum atomic E-state index is 12.3. The Balaban J connectivity index is 2.08. The molecule has 1 saturated heterocycles. The van der Waals surface area contributed by atoms with Crippen molar-refractivity contribution in [3.05, 3.63) is 29.8 Å². The van der Waals surface area contributed by atoms with Gasteiger partial charge in [0, 0.05) is 44.5 Å². The zero-order valence-electron chi connectivity index (χ0n) is 10.4. The molecule has 4 nitrogen and oxygen atoms in total. The smallest absolute Gasteiger partial charge is 0.254 e. The van der Waals surface area contributed by atoms with Gasteiger partial charge >= 0.3 is 0 Å². The van der Waals surface area contributed by atoms with Crippen molar-refractivity contribution in [3.63, 3.8) is 0 Å². The zero-order valence-corrected chi connectivity index (χ0v) is 10.4. The average Bonchev–Trinajstić information content (AvgIpc) is 2.39. The quantitative estimate of drug-likeness (QED) is 0.831. The highest BCUT2D eigenvalue weighted by Gasteiger charge is 2.20. The molecule has 0 bridgehead atoms. The fraction of sp³-hybridized carbons (Fsp3) is 0.462. The van der Waals surface area contributed by atoms with Gasteiger partial charge in [-0.1, -0.05) is 6.07 Å². The number of anilines is 1. The zero-order chi connectivity index (χ0) is 12.3. The van der Waals surface area contributed by atoms with Gasteiger partial charge in [0.05, 0.1) is 0 Å². The minimum Gasteiger partial charge on any atom is -0.388 e. The number of nitrogens with zero attached hydrogens (tertiary/aromatic N) is 2. The van der Waals surface area contributed by atoms with E-state index in [1.54, 1.807) is 0 Å². The summed E-state index contributed by atoms with van der Waals surface area (Å²) in [4.78, 5) is 16.4. The summed E-state index contributed by atoms with van der Waals surface area (Å²) in [7, 11) is 3.95. The summed E-state index contributed by atoms with van der Waals surface area (Å²) in [6.45, 7) is 3.55. The van der Waals surface area contributed by atoms with Gasteiger partial charge in [-0.25, -0.2) is 0 Å². The van der Waals surface area contributed by atoms with Gasteiger partial charge in [0.2, 0.25) is 0 Å². The van der Waals surface area contributed by atoms with Crippen molar-refractivity contribution in [3.8, 4) is 0 Å². The van der Waals surface area contributed by atoms with Crippen molar-refractivity contribution in [1.82, 2.24) is 9.80 Å². The normalized spacial score (nSPS) is 16.9. The summed E-state index contributed by atoms with van der Waals surface area (Å²) >= 11 is 0. The van der Waals surface area contributed by atoms with Crippen LogP contribution >= 0.6 is 0 Å². The first-order chi connectivity index (χ1) is 8.20. The summed E-state index contributed by atoms with van der Waals surface area (Å²) in [5.74, 6) is 0.134. The molecule has 1 aromatic carbocycles. The van der Waals surface area contributed by atoms with E-state index in [1.165, 1.54) is 0 Å². The molecule has 0 spiro atoms. The third-order valence-electron chi connectivity index (χ3n) is 3.19.